The van der Waals surface area contributed by atoms with Gasteiger partial charge in [-0.15, -0.1) is 0 Å². The molecule has 2 aromatic carbocycles. The number of anilines is 1. The highest BCUT2D eigenvalue weighted by Crippen LogP contribution is 2.24. The highest BCUT2D eigenvalue weighted by atomic mass is 35.5. The van der Waals surface area contributed by atoms with Crippen LogP contribution in [-0.4, -0.2) is 14.7 Å². The van der Waals surface area contributed by atoms with Crippen LogP contribution in [0.2, 0.25) is 5.02 Å². The lowest BCUT2D eigenvalue weighted by molar-refractivity contribution is 0.306. The van der Waals surface area contributed by atoms with Crippen molar-refractivity contribution in [1.82, 2.24) is 0 Å². The molecule has 0 spiro atoms. The molecule has 0 atom stereocenters. The van der Waals surface area contributed by atoms with Crippen molar-refractivity contribution in [2.45, 2.75) is 11.5 Å². The molecule has 2 N–H and O–H groups in total. The lowest BCUT2D eigenvalue weighted by Gasteiger charge is -2.10. The van der Waals surface area contributed by atoms with Crippen LogP contribution in [-0.2, 0) is 16.4 Å². The van der Waals surface area contributed by atoms with E-state index in [9.17, 15) is 8.42 Å². The maximum absolute atomic E-state index is 11.5. The highest BCUT2D eigenvalue weighted by Gasteiger charge is 2.09. The lowest BCUT2D eigenvalue weighted by Crippen LogP contribution is -2.02. The normalized spacial score (nSPS) is 11.3. The summed E-state index contributed by atoms with van der Waals surface area (Å²) in [7, 11) is -3.26. The van der Waals surface area contributed by atoms with Crippen molar-refractivity contribution < 1.29 is 13.2 Å². The lowest BCUT2D eigenvalue weighted by atomic mass is 10.2. The first-order chi connectivity index (χ1) is 9.38. The van der Waals surface area contributed by atoms with Crippen LogP contribution in [0.3, 0.4) is 0 Å². The van der Waals surface area contributed by atoms with Gasteiger partial charge in [-0.25, -0.2) is 8.42 Å². The number of nitrogen functional groups attached to an aromatic ring is 1. The maximum Gasteiger partial charge on any atom is 0.175 e. The van der Waals surface area contributed by atoms with E-state index in [0.29, 0.717) is 22.0 Å². The standard InChI is InChI=1S/C14H14ClNO3S/c1-20(17,18)11-5-2-4-10(8-11)19-9-12-13(15)6-3-7-14(12)16/h2-8H,9,16H2,1H3. The van der Waals surface area contributed by atoms with Gasteiger partial charge in [-0.1, -0.05) is 23.7 Å². The van der Waals surface area contributed by atoms with Crippen molar-refractivity contribution in [2.75, 3.05) is 12.0 Å². The quantitative estimate of drug-likeness (QED) is 0.881. The van der Waals surface area contributed by atoms with Crippen molar-refractivity contribution in [3.8, 4) is 5.75 Å². The average molecular weight is 312 g/mol. The van der Waals surface area contributed by atoms with Gasteiger partial charge in [0.15, 0.2) is 9.84 Å². The minimum atomic E-state index is -3.26. The van der Waals surface area contributed by atoms with E-state index in [2.05, 4.69) is 0 Å². The smallest absolute Gasteiger partial charge is 0.175 e. The minimum Gasteiger partial charge on any atom is -0.489 e. The average Bonchev–Trinajstić information content (AvgIpc) is 2.37. The second-order valence-corrected chi connectivity index (χ2v) is 6.77. The van der Waals surface area contributed by atoms with Gasteiger partial charge in [0.1, 0.15) is 12.4 Å². The van der Waals surface area contributed by atoms with E-state index in [1.807, 2.05) is 0 Å². The summed E-state index contributed by atoms with van der Waals surface area (Å²) < 4.78 is 28.5. The number of ether oxygens (including phenoxy) is 1. The molecule has 0 amide bonds. The molecule has 106 valence electrons. The fourth-order valence-corrected chi connectivity index (χ4v) is 2.57. The fourth-order valence-electron chi connectivity index (χ4n) is 1.68. The number of benzene rings is 2. The predicted octanol–water partition coefficient (Wildman–Crippen LogP) is 2.90. The van der Waals surface area contributed by atoms with Gasteiger partial charge in [-0.3, -0.25) is 0 Å². The molecule has 0 aliphatic carbocycles. The maximum atomic E-state index is 11.5. The first kappa shape index (κ1) is 14.7. The second-order valence-electron chi connectivity index (χ2n) is 4.34. The van der Waals surface area contributed by atoms with Crippen molar-refractivity contribution in [2.24, 2.45) is 0 Å². The summed E-state index contributed by atoms with van der Waals surface area (Å²) in [5, 5.41) is 0.518. The van der Waals surface area contributed by atoms with Crippen LogP contribution < -0.4 is 10.5 Å². The Morgan fingerprint density at radius 2 is 1.90 bits per heavy atom. The molecule has 0 bridgehead atoms. The van der Waals surface area contributed by atoms with Gasteiger partial charge in [0.05, 0.1) is 4.90 Å². The molecule has 0 heterocycles. The summed E-state index contributed by atoms with van der Waals surface area (Å²) in [4.78, 5) is 0.210. The van der Waals surface area contributed by atoms with Crippen LogP contribution >= 0.6 is 11.6 Å². The number of nitrogens with two attached hydrogens (primary N) is 1. The molecule has 0 saturated carbocycles. The summed E-state index contributed by atoms with van der Waals surface area (Å²) in [6, 6.07) is 11.5. The molecule has 2 rings (SSSR count). The molecule has 20 heavy (non-hydrogen) atoms. The Morgan fingerprint density at radius 3 is 2.55 bits per heavy atom. The second kappa shape index (κ2) is 5.73. The molecule has 0 saturated heterocycles. The largest absolute Gasteiger partial charge is 0.489 e. The Bertz CT molecular complexity index is 709. The van der Waals surface area contributed by atoms with E-state index in [1.165, 1.54) is 12.1 Å². The topological polar surface area (TPSA) is 69.4 Å². The van der Waals surface area contributed by atoms with Crippen molar-refractivity contribution in [3.63, 3.8) is 0 Å². The van der Waals surface area contributed by atoms with Crippen LogP contribution in [0, 0.1) is 0 Å². The van der Waals surface area contributed by atoms with Gasteiger partial charge < -0.3 is 10.5 Å². The Hall–Kier alpha value is -1.72. The summed E-state index contributed by atoms with van der Waals surface area (Å²) in [5.74, 6) is 0.451. The molecule has 0 unspecified atom stereocenters. The number of halogens is 1. The van der Waals surface area contributed by atoms with Crippen LogP contribution in [0.5, 0.6) is 5.75 Å². The molecule has 0 aliphatic heterocycles. The van der Waals surface area contributed by atoms with E-state index in [0.717, 1.165) is 6.26 Å². The summed E-state index contributed by atoms with van der Waals surface area (Å²) in [6.45, 7) is 0.179. The summed E-state index contributed by atoms with van der Waals surface area (Å²) in [5.41, 5.74) is 7.04. The van der Waals surface area contributed by atoms with E-state index in [4.69, 9.17) is 22.1 Å². The molecule has 0 aliphatic rings. The minimum absolute atomic E-state index is 0.179. The van der Waals surface area contributed by atoms with Crippen molar-refractivity contribution in [3.05, 3.63) is 53.1 Å². The van der Waals surface area contributed by atoms with Gasteiger partial charge >= 0.3 is 0 Å². The van der Waals surface area contributed by atoms with Crippen LogP contribution in [0.1, 0.15) is 5.56 Å². The zero-order valence-corrected chi connectivity index (χ0v) is 12.4. The Labute approximate surface area is 123 Å². The van der Waals surface area contributed by atoms with Gasteiger partial charge in [-0.2, -0.15) is 0 Å². The monoisotopic (exact) mass is 311 g/mol. The third-order valence-electron chi connectivity index (χ3n) is 2.77. The zero-order valence-electron chi connectivity index (χ0n) is 10.8. The van der Waals surface area contributed by atoms with Crippen molar-refractivity contribution >= 4 is 27.1 Å². The summed E-state index contributed by atoms with van der Waals surface area (Å²) >= 11 is 6.04. The Kier molecular flexibility index (Phi) is 4.20. The molecule has 6 heteroatoms. The van der Waals surface area contributed by atoms with Gasteiger partial charge in [-0.05, 0) is 30.3 Å². The van der Waals surface area contributed by atoms with E-state index in [1.54, 1.807) is 30.3 Å². The van der Waals surface area contributed by atoms with Crippen molar-refractivity contribution in [1.29, 1.82) is 0 Å². The Balaban J connectivity index is 2.20. The third kappa shape index (κ3) is 3.43. The highest BCUT2D eigenvalue weighted by molar-refractivity contribution is 7.90. The molecule has 0 radical (unpaired) electrons. The molecule has 4 nitrogen and oxygen atoms in total. The van der Waals surface area contributed by atoms with Crippen LogP contribution in [0.4, 0.5) is 5.69 Å². The first-order valence-corrected chi connectivity index (χ1v) is 8.10. The fraction of sp³-hybridized carbons (Fsp3) is 0.143. The Morgan fingerprint density at radius 1 is 1.20 bits per heavy atom. The van der Waals surface area contributed by atoms with E-state index >= 15 is 0 Å². The van der Waals surface area contributed by atoms with Gasteiger partial charge in [0.25, 0.3) is 0 Å². The van der Waals surface area contributed by atoms with E-state index in [-0.39, 0.29) is 11.5 Å². The van der Waals surface area contributed by atoms with Gasteiger partial charge in [0.2, 0.25) is 0 Å². The molecular weight excluding hydrogens is 298 g/mol. The zero-order chi connectivity index (χ0) is 14.8. The summed E-state index contributed by atoms with van der Waals surface area (Å²) in [6.07, 6.45) is 1.15. The number of hydrogen-bond acceptors (Lipinski definition) is 4. The number of rotatable bonds is 4. The first-order valence-electron chi connectivity index (χ1n) is 5.84. The SMILES string of the molecule is CS(=O)(=O)c1cccc(OCc2c(N)cccc2Cl)c1. The molecule has 2 aromatic rings. The number of sulfone groups is 1. The van der Waals surface area contributed by atoms with Crippen LogP contribution in [0.25, 0.3) is 0 Å². The van der Waals surface area contributed by atoms with E-state index < -0.39 is 9.84 Å². The molecule has 0 fully saturated rings. The van der Waals surface area contributed by atoms with Crippen LogP contribution in [0.15, 0.2) is 47.4 Å². The number of hydrogen-bond donors (Lipinski definition) is 1. The molecular formula is C14H14ClNO3S. The predicted molar refractivity (Wildman–Crippen MR) is 79.7 cm³/mol. The third-order valence-corrected chi connectivity index (χ3v) is 4.24. The van der Waals surface area contributed by atoms with Gasteiger partial charge in [0, 0.05) is 22.5 Å². The molecule has 0 aromatic heterocycles.